The van der Waals surface area contributed by atoms with Crippen LogP contribution in [0.2, 0.25) is 0 Å². The Hall–Kier alpha value is -1.80. The first-order valence-corrected chi connectivity index (χ1v) is 7.41. The van der Waals surface area contributed by atoms with Crippen LogP contribution in [0.4, 0.5) is 18.0 Å². The second kappa shape index (κ2) is 7.65. The molecule has 1 heterocycles. The van der Waals surface area contributed by atoms with E-state index in [-0.39, 0.29) is 11.6 Å². The molecule has 3 N–H and O–H groups in total. The average molecular weight is 331 g/mol. The van der Waals surface area contributed by atoms with Crippen LogP contribution < -0.4 is 10.6 Å². The summed E-state index contributed by atoms with van der Waals surface area (Å²) in [6.45, 7) is 1.16. The molecular weight excluding hydrogens is 311 g/mol. The maximum absolute atomic E-state index is 13.3. The highest BCUT2D eigenvalue weighted by Gasteiger charge is 2.22. The van der Waals surface area contributed by atoms with Gasteiger partial charge in [-0.05, 0) is 50.7 Å². The van der Waals surface area contributed by atoms with Gasteiger partial charge in [-0.1, -0.05) is 0 Å². The van der Waals surface area contributed by atoms with Crippen molar-refractivity contribution >= 4 is 6.03 Å². The molecule has 0 aliphatic carbocycles. The molecule has 128 valence electrons. The maximum atomic E-state index is 13.3. The van der Waals surface area contributed by atoms with Gasteiger partial charge in [-0.2, -0.15) is 0 Å². The van der Waals surface area contributed by atoms with Gasteiger partial charge >= 0.3 is 6.03 Å². The number of benzene rings is 1. The molecule has 0 aromatic heterocycles. The Kier molecular flexibility index (Phi) is 5.84. The van der Waals surface area contributed by atoms with E-state index in [0.717, 1.165) is 38.1 Å². The lowest BCUT2D eigenvalue weighted by Gasteiger charge is -2.30. The number of hydrogen-bond donors (Lipinski definition) is 3. The van der Waals surface area contributed by atoms with Gasteiger partial charge in [0, 0.05) is 6.04 Å². The highest BCUT2D eigenvalue weighted by Crippen LogP contribution is 2.19. The fourth-order valence-corrected chi connectivity index (χ4v) is 2.55. The molecule has 0 spiro atoms. The molecule has 1 aromatic carbocycles. The van der Waals surface area contributed by atoms with Crippen molar-refractivity contribution in [1.82, 2.24) is 15.5 Å². The number of aliphatic hydroxyl groups excluding tert-OH is 1. The van der Waals surface area contributed by atoms with Crippen LogP contribution in [0, 0.1) is 17.5 Å². The molecule has 8 heteroatoms. The van der Waals surface area contributed by atoms with Gasteiger partial charge in [0.2, 0.25) is 0 Å². The Morgan fingerprint density at radius 3 is 2.39 bits per heavy atom. The number of carbonyl (C=O) groups is 1. The van der Waals surface area contributed by atoms with Crippen LogP contribution in [0.25, 0.3) is 0 Å². The first-order valence-electron chi connectivity index (χ1n) is 7.41. The number of likely N-dealkylation sites (tertiary alicyclic amines) is 1. The van der Waals surface area contributed by atoms with E-state index in [0.29, 0.717) is 0 Å². The minimum atomic E-state index is -1.58. The maximum Gasteiger partial charge on any atom is 0.315 e. The smallest absolute Gasteiger partial charge is 0.315 e. The quantitative estimate of drug-likeness (QED) is 0.733. The first-order chi connectivity index (χ1) is 10.9. The van der Waals surface area contributed by atoms with Crippen molar-refractivity contribution in [2.45, 2.75) is 24.9 Å². The Morgan fingerprint density at radius 1 is 1.30 bits per heavy atom. The molecule has 1 aliphatic heterocycles. The van der Waals surface area contributed by atoms with Gasteiger partial charge in [0.1, 0.15) is 0 Å². The molecule has 1 unspecified atom stereocenters. The molecule has 1 atom stereocenters. The molecular formula is C15H20F3N3O2. The summed E-state index contributed by atoms with van der Waals surface area (Å²) in [7, 11) is 2.00. The Balaban J connectivity index is 1.97. The summed E-state index contributed by atoms with van der Waals surface area (Å²) in [6.07, 6.45) is 1.60. The zero-order chi connectivity index (χ0) is 17.0. The fourth-order valence-electron chi connectivity index (χ4n) is 2.55. The number of nitrogens with one attached hydrogen (secondary N) is 2. The highest BCUT2D eigenvalue weighted by molar-refractivity contribution is 5.74. The van der Waals surface area contributed by atoms with Gasteiger partial charge in [-0.3, -0.25) is 0 Å². The first kappa shape index (κ1) is 17.6. The fraction of sp³-hybridized carbons (Fsp3) is 0.533. The summed E-state index contributed by atoms with van der Waals surface area (Å²) in [4.78, 5) is 14.1. The van der Waals surface area contributed by atoms with Crippen LogP contribution in [0.1, 0.15) is 24.4 Å². The Labute approximate surface area is 132 Å². The number of hydrogen-bond acceptors (Lipinski definition) is 3. The summed E-state index contributed by atoms with van der Waals surface area (Å²) in [5, 5.41) is 14.5. The molecule has 1 aliphatic rings. The van der Waals surface area contributed by atoms with Crippen LogP contribution >= 0.6 is 0 Å². The van der Waals surface area contributed by atoms with Crippen molar-refractivity contribution in [2.75, 3.05) is 26.7 Å². The van der Waals surface area contributed by atoms with Crippen molar-refractivity contribution in [3.8, 4) is 0 Å². The van der Waals surface area contributed by atoms with Gasteiger partial charge in [-0.25, -0.2) is 18.0 Å². The number of urea groups is 1. The third kappa shape index (κ3) is 4.59. The molecule has 2 rings (SSSR count). The minimum Gasteiger partial charge on any atom is -0.394 e. The van der Waals surface area contributed by atoms with Crippen LogP contribution in [0.15, 0.2) is 12.1 Å². The molecule has 5 nitrogen and oxygen atoms in total. The van der Waals surface area contributed by atoms with Crippen LogP contribution in [-0.2, 0) is 0 Å². The van der Waals surface area contributed by atoms with E-state index in [9.17, 15) is 23.1 Å². The van der Waals surface area contributed by atoms with Crippen molar-refractivity contribution < 1.29 is 23.1 Å². The molecule has 1 aromatic rings. The van der Waals surface area contributed by atoms with Gasteiger partial charge in [-0.15, -0.1) is 0 Å². The molecule has 1 saturated heterocycles. The van der Waals surface area contributed by atoms with E-state index >= 15 is 0 Å². The number of amides is 2. The molecule has 23 heavy (non-hydrogen) atoms. The van der Waals surface area contributed by atoms with Crippen LogP contribution in [-0.4, -0.2) is 48.8 Å². The molecule has 0 saturated carbocycles. The lowest BCUT2D eigenvalue weighted by atomic mass is 10.1. The minimum absolute atomic E-state index is 0.00670. The number of carbonyl (C=O) groups excluding carboxylic acids is 1. The number of halogens is 3. The number of aliphatic hydroxyl groups is 1. The largest absolute Gasteiger partial charge is 0.394 e. The molecule has 1 fully saturated rings. The Morgan fingerprint density at radius 2 is 1.87 bits per heavy atom. The third-order valence-corrected chi connectivity index (χ3v) is 3.95. The van der Waals surface area contributed by atoms with Crippen molar-refractivity contribution in [1.29, 1.82) is 0 Å². The predicted octanol–water partition coefficient (Wildman–Crippen LogP) is 1.53. The number of piperidine rings is 1. The summed E-state index contributed by atoms with van der Waals surface area (Å²) in [6, 6.07) is -0.0357. The summed E-state index contributed by atoms with van der Waals surface area (Å²) in [5.41, 5.74) is -0.0394. The summed E-state index contributed by atoms with van der Waals surface area (Å²) < 4.78 is 39.5. The molecule has 0 bridgehead atoms. The van der Waals surface area contributed by atoms with E-state index < -0.39 is 36.1 Å². The molecule has 0 radical (unpaired) electrons. The van der Waals surface area contributed by atoms with E-state index in [1.54, 1.807) is 0 Å². The normalized spacial score (nSPS) is 17.8. The van der Waals surface area contributed by atoms with E-state index in [1.165, 1.54) is 0 Å². The highest BCUT2D eigenvalue weighted by atomic mass is 19.2. The third-order valence-electron chi connectivity index (χ3n) is 3.95. The van der Waals surface area contributed by atoms with Gasteiger partial charge in [0.15, 0.2) is 17.5 Å². The number of rotatable bonds is 4. The van der Waals surface area contributed by atoms with Crippen molar-refractivity contribution in [3.05, 3.63) is 35.1 Å². The SMILES string of the molecule is CN1CCC(NC(=O)NC(CO)c2cc(F)c(F)c(F)c2)CC1. The zero-order valence-corrected chi connectivity index (χ0v) is 12.8. The standard InChI is InChI=1S/C15H20F3N3O2/c1-21-4-2-10(3-5-21)19-15(23)20-13(8-22)9-6-11(16)14(18)12(17)7-9/h6-7,10,13,22H,2-5,8H2,1H3,(H2,19,20,23). The second-order valence-corrected chi connectivity index (χ2v) is 5.73. The van der Waals surface area contributed by atoms with Crippen molar-refractivity contribution in [2.24, 2.45) is 0 Å². The van der Waals surface area contributed by atoms with Gasteiger partial charge in [0.25, 0.3) is 0 Å². The average Bonchev–Trinajstić information content (AvgIpc) is 2.52. The zero-order valence-electron chi connectivity index (χ0n) is 12.8. The van der Waals surface area contributed by atoms with Crippen LogP contribution in [0.5, 0.6) is 0 Å². The van der Waals surface area contributed by atoms with E-state index in [2.05, 4.69) is 15.5 Å². The lowest BCUT2D eigenvalue weighted by molar-refractivity contribution is 0.200. The van der Waals surface area contributed by atoms with Gasteiger partial charge < -0.3 is 20.6 Å². The van der Waals surface area contributed by atoms with E-state index in [4.69, 9.17) is 0 Å². The van der Waals surface area contributed by atoms with Gasteiger partial charge in [0.05, 0.1) is 12.6 Å². The number of nitrogens with zero attached hydrogens (tertiary/aromatic N) is 1. The Bertz CT molecular complexity index is 540. The van der Waals surface area contributed by atoms with E-state index in [1.807, 2.05) is 7.05 Å². The second-order valence-electron chi connectivity index (χ2n) is 5.73. The topological polar surface area (TPSA) is 64.6 Å². The van der Waals surface area contributed by atoms with Crippen molar-refractivity contribution in [3.63, 3.8) is 0 Å². The predicted molar refractivity (Wildman–Crippen MR) is 78.3 cm³/mol. The summed E-state index contributed by atoms with van der Waals surface area (Å²) in [5.74, 6) is -4.31. The monoisotopic (exact) mass is 331 g/mol. The summed E-state index contributed by atoms with van der Waals surface area (Å²) >= 11 is 0. The van der Waals surface area contributed by atoms with Crippen LogP contribution in [0.3, 0.4) is 0 Å². The molecule has 2 amide bonds. The lowest BCUT2D eigenvalue weighted by Crippen LogP contribution is -2.48.